The second-order valence-electron chi connectivity index (χ2n) is 7.38. The third-order valence-electron chi connectivity index (χ3n) is 3.44. The molecule has 4 nitrogen and oxygen atoms in total. The fourth-order valence-corrected chi connectivity index (χ4v) is 3.03. The molecule has 1 rings (SSSR count). The lowest BCUT2D eigenvalue weighted by molar-refractivity contribution is 0.0296. The molecule has 0 fully saturated rings. The van der Waals surface area contributed by atoms with E-state index < -0.39 is 0 Å². The molecule has 3 N–H and O–H groups in total. The van der Waals surface area contributed by atoms with Gasteiger partial charge in [-0.05, 0) is 19.1 Å². The van der Waals surface area contributed by atoms with Crippen molar-refractivity contribution in [1.82, 2.24) is 15.3 Å². The van der Waals surface area contributed by atoms with Gasteiger partial charge in [0.15, 0.2) is 5.11 Å². The van der Waals surface area contributed by atoms with Crippen molar-refractivity contribution in [3.63, 3.8) is 0 Å². The first kappa shape index (κ1) is 16.1. The zero-order chi connectivity index (χ0) is 15.2. The number of hydrogen-bond donors (Lipinski definition) is 2. The van der Waals surface area contributed by atoms with E-state index in [1.54, 1.807) is 0 Å². The van der Waals surface area contributed by atoms with Crippen molar-refractivity contribution in [2.24, 2.45) is 16.6 Å². The molecule has 0 aliphatic carbocycles. The molecule has 1 unspecified atom stereocenters. The van der Waals surface area contributed by atoms with Gasteiger partial charge in [-0.15, -0.1) is 0 Å². The van der Waals surface area contributed by atoms with E-state index in [-0.39, 0.29) is 17.0 Å². The third-order valence-corrected chi connectivity index (χ3v) is 3.53. The van der Waals surface area contributed by atoms with Crippen LogP contribution in [-0.2, 0) is 0 Å². The standard InChI is InChI=1S/C14H28N4S/c1-9-10(13(2,3)4)18(16-12(15)19)11(17(9)8)14(5,6)7/h11H,1-8H3,(H3,15,16,19). The van der Waals surface area contributed by atoms with Gasteiger partial charge in [0, 0.05) is 23.6 Å². The molecule has 0 aromatic heterocycles. The molecule has 0 aromatic carbocycles. The lowest BCUT2D eigenvalue weighted by Gasteiger charge is -2.42. The average Bonchev–Trinajstić information content (AvgIpc) is 2.35. The van der Waals surface area contributed by atoms with E-state index in [0.29, 0.717) is 5.11 Å². The average molecular weight is 284 g/mol. The molecule has 1 atom stereocenters. The van der Waals surface area contributed by atoms with Gasteiger partial charge in [0.1, 0.15) is 6.17 Å². The summed E-state index contributed by atoms with van der Waals surface area (Å²) in [6.07, 6.45) is 0.184. The SMILES string of the molecule is CC1=C(C(C)(C)C)N(NC(N)=S)C(C(C)(C)C)N1C. The Morgan fingerprint density at radius 3 is 2.00 bits per heavy atom. The summed E-state index contributed by atoms with van der Waals surface area (Å²) in [6.45, 7) is 15.4. The number of nitrogens with zero attached hydrogens (tertiary/aromatic N) is 2. The van der Waals surface area contributed by atoms with Crippen LogP contribution in [0.25, 0.3) is 0 Å². The van der Waals surface area contributed by atoms with Crippen LogP contribution in [0.4, 0.5) is 0 Å². The van der Waals surface area contributed by atoms with Crippen molar-refractivity contribution < 1.29 is 0 Å². The predicted molar refractivity (Wildman–Crippen MR) is 84.9 cm³/mol. The molecule has 0 amide bonds. The maximum atomic E-state index is 5.71. The fraction of sp³-hybridized carbons (Fsp3) is 0.786. The summed E-state index contributed by atoms with van der Waals surface area (Å²) in [5.74, 6) is 0. The molecular weight excluding hydrogens is 256 g/mol. The zero-order valence-corrected chi connectivity index (χ0v) is 14.3. The Kier molecular flexibility index (Phi) is 4.11. The van der Waals surface area contributed by atoms with Crippen molar-refractivity contribution in [3.05, 3.63) is 11.4 Å². The van der Waals surface area contributed by atoms with Crippen molar-refractivity contribution >= 4 is 17.3 Å². The van der Waals surface area contributed by atoms with E-state index >= 15 is 0 Å². The lowest BCUT2D eigenvalue weighted by atomic mass is 9.89. The number of hydrazine groups is 1. The van der Waals surface area contributed by atoms with Crippen LogP contribution in [0.15, 0.2) is 11.4 Å². The fourth-order valence-electron chi connectivity index (χ4n) is 2.93. The molecule has 5 heteroatoms. The second-order valence-corrected chi connectivity index (χ2v) is 7.82. The molecule has 19 heavy (non-hydrogen) atoms. The van der Waals surface area contributed by atoms with Crippen LogP contribution in [0.2, 0.25) is 0 Å². The Labute approximate surface area is 123 Å². The van der Waals surface area contributed by atoms with Crippen LogP contribution >= 0.6 is 12.2 Å². The first-order valence-electron chi connectivity index (χ1n) is 6.67. The molecule has 1 aliphatic heterocycles. The van der Waals surface area contributed by atoms with Gasteiger partial charge >= 0.3 is 0 Å². The first-order chi connectivity index (χ1) is 8.37. The highest BCUT2D eigenvalue weighted by molar-refractivity contribution is 7.80. The highest BCUT2D eigenvalue weighted by Gasteiger charge is 2.45. The van der Waals surface area contributed by atoms with E-state index in [9.17, 15) is 0 Å². The van der Waals surface area contributed by atoms with Gasteiger partial charge in [0.25, 0.3) is 0 Å². The van der Waals surface area contributed by atoms with E-state index in [1.165, 1.54) is 11.4 Å². The van der Waals surface area contributed by atoms with Gasteiger partial charge in [-0.2, -0.15) is 0 Å². The van der Waals surface area contributed by atoms with Gasteiger partial charge < -0.3 is 10.6 Å². The molecule has 0 aromatic rings. The smallest absolute Gasteiger partial charge is 0.182 e. The Morgan fingerprint density at radius 1 is 1.21 bits per heavy atom. The van der Waals surface area contributed by atoms with E-state index in [1.807, 2.05) is 0 Å². The van der Waals surface area contributed by atoms with Crippen molar-refractivity contribution in [2.45, 2.75) is 54.6 Å². The summed E-state index contributed by atoms with van der Waals surface area (Å²) in [5.41, 5.74) is 11.5. The Morgan fingerprint density at radius 2 is 1.68 bits per heavy atom. The van der Waals surface area contributed by atoms with Crippen LogP contribution in [0.1, 0.15) is 48.5 Å². The molecular formula is C14H28N4S. The predicted octanol–water partition coefficient (Wildman–Crippen LogP) is 2.63. The number of nitrogens with one attached hydrogen (secondary N) is 1. The van der Waals surface area contributed by atoms with Gasteiger partial charge in [-0.3, -0.25) is 10.4 Å². The molecule has 1 aliphatic rings. The maximum absolute atomic E-state index is 5.71. The third kappa shape index (κ3) is 3.14. The van der Waals surface area contributed by atoms with Crippen LogP contribution in [-0.4, -0.2) is 28.2 Å². The maximum Gasteiger partial charge on any atom is 0.182 e. The minimum Gasteiger partial charge on any atom is -0.375 e. The summed E-state index contributed by atoms with van der Waals surface area (Å²) in [4.78, 5) is 2.30. The van der Waals surface area contributed by atoms with Crippen LogP contribution in [0.5, 0.6) is 0 Å². The van der Waals surface area contributed by atoms with Crippen LogP contribution in [0, 0.1) is 10.8 Å². The highest BCUT2D eigenvalue weighted by atomic mass is 32.1. The van der Waals surface area contributed by atoms with Crippen molar-refractivity contribution in [1.29, 1.82) is 0 Å². The lowest BCUT2D eigenvalue weighted by Crippen LogP contribution is -2.56. The molecule has 0 spiro atoms. The van der Waals surface area contributed by atoms with E-state index in [4.69, 9.17) is 18.0 Å². The van der Waals surface area contributed by atoms with Gasteiger partial charge in [0.05, 0.1) is 5.70 Å². The summed E-state index contributed by atoms with van der Waals surface area (Å²) in [7, 11) is 2.12. The summed E-state index contributed by atoms with van der Waals surface area (Å²) >= 11 is 5.04. The largest absolute Gasteiger partial charge is 0.375 e. The number of nitrogens with two attached hydrogens (primary N) is 1. The van der Waals surface area contributed by atoms with Crippen LogP contribution < -0.4 is 11.2 Å². The topological polar surface area (TPSA) is 44.5 Å². The Balaban J connectivity index is 3.31. The molecule has 0 radical (unpaired) electrons. The molecule has 0 saturated heterocycles. The van der Waals surface area contributed by atoms with E-state index in [2.05, 4.69) is 70.8 Å². The number of hydrogen-bond acceptors (Lipinski definition) is 3. The number of thiocarbonyl (C=S) groups is 1. The highest BCUT2D eigenvalue weighted by Crippen LogP contribution is 2.43. The van der Waals surface area contributed by atoms with Gasteiger partial charge in [-0.25, -0.2) is 0 Å². The molecule has 0 bridgehead atoms. The summed E-state index contributed by atoms with van der Waals surface area (Å²) in [6, 6.07) is 0. The summed E-state index contributed by atoms with van der Waals surface area (Å²) < 4.78 is 0. The summed E-state index contributed by atoms with van der Waals surface area (Å²) in [5, 5.41) is 2.44. The minimum absolute atomic E-state index is 0.0239. The van der Waals surface area contributed by atoms with E-state index in [0.717, 1.165) is 0 Å². The molecule has 110 valence electrons. The molecule has 1 heterocycles. The minimum atomic E-state index is 0.0239. The second kappa shape index (κ2) is 4.85. The van der Waals surface area contributed by atoms with Gasteiger partial charge in [0.2, 0.25) is 0 Å². The Bertz CT molecular complexity index is 401. The van der Waals surface area contributed by atoms with Crippen LogP contribution in [0.3, 0.4) is 0 Å². The number of allylic oxidation sites excluding steroid dienone is 2. The van der Waals surface area contributed by atoms with Gasteiger partial charge in [-0.1, -0.05) is 41.5 Å². The van der Waals surface area contributed by atoms with Crippen molar-refractivity contribution in [3.8, 4) is 0 Å². The quantitative estimate of drug-likeness (QED) is 0.725. The Hall–Kier alpha value is -0.970. The van der Waals surface area contributed by atoms with Crippen molar-refractivity contribution in [2.75, 3.05) is 7.05 Å². The monoisotopic (exact) mass is 284 g/mol. The zero-order valence-electron chi connectivity index (χ0n) is 13.5. The molecule has 0 saturated carbocycles. The first-order valence-corrected chi connectivity index (χ1v) is 7.07. The normalized spacial score (nSPS) is 21.2. The number of rotatable bonds is 1.